The number of nitrogens with zero attached hydrogens (tertiary/aromatic N) is 1. The minimum absolute atomic E-state index is 0.255. The van der Waals surface area contributed by atoms with Crippen LogP contribution in [0.3, 0.4) is 0 Å². The molecule has 106 valence electrons. The smallest absolute Gasteiger partial charge is 0.273 e. The predicted molar refractivity (Wildman–Crippen MR) is 81.4 cm³/mol. The minimum Gasteiger partial charge on any atom is -0.460 e. The standard InChI is InChI=1S/C16H15N3O2/c1-10-7-8-15(21-10)11(2)18-19-16(20)13-9-17-14-6-4-3-5-12(13)14/h3-9,17H,1-2H3,(H,19,20)/b18-11+. The topological polar surface area (TPSA) is 70.4 Å². The van der Waals surface area contributed by atoms with Crippen LogP contribution >= 0.6 is 0 Å². The van der Waals surface area contributed by atoms with Crippen LogP contribution in [-0.4, -0.2) is 16.6 Å². The van der Waals surface area contributed by atoms with E-state index in [1.165, 1.54) is 0 Å². The van der Waals surface area contributed by atoms with Crippen LogP contribution in [0.1, 0.15) is 28.8 Å². The number of fused-ring (bicyclic) bond motifs is 1. The van der Waals surface area contributed by atoms with E-state index in [0.717, 1.165) is 16.7 Å². The molecule has 3 aromatic rings. The maximum atomic E-state index is 12.2. The summed E-state index contributed by atoms with van der Waals surface area (Å²) in [5, 5.41) is 4.95. The van der Waals surface area contributed by atoms with E-state index < -0.39 is 0 Å². The summed E-state index contributed by atoms with van der Waals surface area (Å²) in [4.78, 5) is 15.3. The van der Waals surface area contributed by atoms with Gasteiger partial charge in [-0.1, -0.05) is 18.2 Å². The van der Waals surface area contributed by atoms with Crippen molar-refractivity contribution in [3.05, 3.63) is 59.7 Å². The van der Waals surface area contributed by atoms with Crippen LogP contribution in [0.5, 0.6) is 0 Å². The maximum Gasteiger partial charge on any atom is 0.273 e. The highest BCUT2D eigenvalue weighted by Gasteiger charge is 2.11. The quantitative estimate of drug-likeness (QED) is 0.571. The third-order valence-corrected chi connectivity index (χ3v) is 3.26. The summed E-state index contributed by atoms with van der Waals surface area (Å²) in [6.07, 6.45) is 1.68. The SMILES string of the molecule is C/C(=N\NC(=O)c1c[nH]c2ccccc12)c1ccc(C)o1. The van der Waals surface area contributed by atoms with Crippen molar-refractivity contribution in [2.24, 2.45) is 5.10 Å². The van der Waals surface area contributed by atoms with Gasteiger partial charge in [-0.25, -0.2) is 5.43 Å². The molecule has 0 saturated heterocycles. The Morgan fingerprint density at radius 1 is 1.24 bits per heavy atom. The second-order valence-electron chi connectivity index (χ2n) is 4.80. The number of hydrazone groups is 1. The van der Waals surface area contributed by atoms with E-state index in [2.05, 4.69) is 15.5 Å². The van der Waals surface area contributed by atoms with Gasteiger partial charge in [-0.2, -0.15) is 5.10 Å². The number of hydrogen-bond donors (Lipinski definition) is 2. The first-order valence-electron chi connectivity index (χ1n) is 6.62. The number of rotatable bonds is 3. The van der Waals surface area contributed by atoms with Crippen LogP contribution in [0.4, 0.5) is 0 Å². The molecule has 1 amide bonds. The zero-order valence-electron chi connectivity index (χ0n) is 11.8. The number of aromatic nitrogens is 1. The fourth-order valence-electron chi connectivity index (χ4n) is 2.14. The van der Waals surface area contributed by atoms with Crippen LogP contribution in [0.15, 0.2) is 52.1 Å². The molecular formula is C16H15N3O2. The number of carbonyl (C=O) groups is 1. The maximum absolute atomic E-state index is 12.2. The highest BCUT2D eigenvalue weighted by Crippen LogP contribution is 2.17. The van der Waals surface area contributed by atoms with Gasteiger partial charge in [0.1, 0.15) is 17.2 Å². The minimum atomic E-state index is -0.255. The van der Waals surface area contributed by atoms with Crippen LogP contribution in [0.2, 0.25) is 0 Å². The van der Waals surface area contributed by atoms with Gasteiger partial charge in [0.15, 0.2) is 0 Å². The Bertz CT molecular complexity index is 827. The summed E-state index contributed by atoms with van der Waals surface area (Å²) in [5.74, 6) is 1.20. The molecule has 0 aliphatic heterocycles. The molecule has 21 heavy (non-hydrogen) atoms. The van der Waals surface area contributed by atoms with Gasteiger partial charge in [0.25, 0.3) is 5.91 Å². The van der Waals surface area contributed by atoms with Gasteiger partial charge in [-0.3, -0.25) is 4.79 Å². The van der Waals surface area contributed by atoms with Crippen LogP contribution < -0.4 is 5.43 Å². The molecule has 0 aliphatic carbocycles. The number of aryl methyl sites for hydroxylation is 1. The molecule has 2 heterocycles. The Morgan fingerprint density at radius 3 is 2.81 bits per heavy atom. The molecule has 5 nitrogen and oxygen atoms in total. The molecule has 0 atom stereocenters. The van der Waals surface area contributed by atoms with E-state index in [0.29, 0.717) is 17.0 Å². The van der Waals surface area contributed by atoms with Crippen molar-refractivity contribution >= 4 is 22.5 Å². The lowest BCUT2D eigenvalue weighted by atomic mass is 10.2. The number of H-pyrrole nitrogens is 1. The first kappa shape index (κ1) is 13.2. The first-order valence-corrected chi connectivity index (χ1v) is 6.62. The highest BCUT2D eigenvalue weighted by molar-refractivity contribution is 6.07. The summed E-state index contributed by atoms with van der Waals surface area (Å²) < 4.78 is 5.45. The zero-order chi connectivity index (χ0) is 14.8. The number of carbonyl (C=O) groups excluding carboxylic acids is 1. The van der Waals surface area contributed by atoms with Crippen molar-refractivity contribution in [2.75, 3.05) is 0 Å². The number of aromatic amines is 1. The molecule has 0 fully saturated rings. The lowest BCUT2D eigenvalue weighted by Crippen LogP contribution is -2.18. The van der Waals surface area contributed by atoms with E-state index in [1.807, 2.05) is 43.3 Å². The lowest BCUT2D eigenvalue weighted by molar-refractivity contribution is 0.0956. The summed E-state index contributed by atoms with van der Waals surface area (Å²) in [6.45, 7) is 3.65. The Hall–Kier alpha value is -2.82. The average molecular weight is 281 g/mol. The van der Waals surface area contributed by atoms with Crippen LogP contribution in [0, 0.1) is 6.92 Å². The molecule has 0 bridgehead atoms. The normalized spacial score (nSPS) is 11.8. The third-order valence-electron chi connectivity index (χ3n) is 3.26. The summed E-state index contributed by atoms with van der Waals surface area (Å²) in [5.41, 5.74) is 4.66. The number of nitrogens with one attached hydrogen (secondary N) is 2. The Labute approximate surface area is 121 Å². The first-order chi connectivity index (χ1) is 10.1. The molecule has 0 spiro atoms. The van der Waals surface area contributed by atoms with E-state index in [-0.39, 0.29) is 5.91 Å². The van der Waals surface area contributed by atoms with Gasteiger partial charge in [0.05, 0.1) is 5.56 Å². The monoisotopic (exact) mass is 281 g/mol. The molecular weight excluding hydrogens is 266 g/mol. The summed E-state index contributed by atoms with van der Waals surface area (Å²) in [6, 6.07) is 11.3. The van der Waals surface area contributed by atoms with Crippen LogP contribution in [-0.2, 0) is 0 Å². The molecule has 3 rings (SSSR count). The van der Waals surface area contributed by atoms with Gasteiger partial charge < -0.3 is 9.40 Å². The predicted octanol–water partition coefficient (Wildman–Crippen LogP) is 3.22. The van der Waals surface area contributed by atoms with Gasteiger partial charge in [-0.05, 0) is 32.0 Å². The van der Waals surface area contributed by atoms with Crippen molar-refractivity contribution in [1.82, 2.24) is 10.4 Å². The highest BCUT2D eigenvalue weighted by atomic mass is 16.3. The van der Waals surface area contributed by atoms with E-state index in [4.69, 9.17) is 4.42 Å². The molecule has 2 aromatic heterocycles. The van der Waals surface area contributed by atoms with E-state index in [1.54, 1.807) is 13.1 Å². The molecule has 0 unspecified atom stereocenters. The molecule has 0 aliphatic rings. The van der Waals surface area contributed by atoms with Gasteiger partial charge in [0.2, 0.25) is 0 Å². The summed E-state index contributed by atoms with van der Waals surface area (Å²) >= 11 is 0. The average Bonchev–Trinajstić information content (AvgIpc) is 3.10. The van der Waals surface area contributed by atoms with Crippen molar-refractivity contribution in [2.45, 2.75) is 13.8 Å². The molecule has 2 N–H and O–H groups in total. The van der Waals surface area contributed by atoms with E-state index in [9.17, 15) is 4.79 Å². The third kappa shape index (κ3) is 2.58. The van der Waals surface area contributed by atoms with Crippen molar-refractivity contribution in [3.63, 3.8) is 0 Å². The number of para-hydroxylation sites is 1. The van der Waals surface area contributed by atoms with Gasteiger partial charge in [0, 0.05) is 17.1 Å². The van der Waals surface area contributed by atoms with Gasteiger partial charge in [-0.15, -0.1) is 0 Å². The van der Waals surface area contributed by atoms with Crippen molar-refractivity contribution in [3.8, 4) is 0 Å². The zero-order valence-corrected chi connectivity index (χ0v) is 11.8. The number of furan rings is 1. The largest absolute Gasteiger partial charge is 0.460 e. The fourth-order valence-corrected chi connectivity index (χ4v) is 2.14. The fraction of sp³-hybridized carbons (Fsp3) is 0.125. The van der Waals surface area contributed by atoms with Crippen molar-refractivity contribution in [1.29, 1.82) is 0 Å². The van der Waals surface area contributed by atoms with E-state index >= 15 is 0 Å². The Morgan fingerprint density at radius 2 is 2.05 bits per heavy atom. The second-order valence-corrected chi connectivity index (χ2v) is 4.80. The molecule has 1 aromatic carbocycles. The Kier molecular flexibility index (Phi) is 3.31. The second kappa shape index (κ2) is 5.28. The van der Waals surface area contributed by atoms with Crippen molar-refractivity contribution < 1.29 is 9.21 Å². The number of amides is 1. The lowest BCUT2D eigenvalue weighted by Gasteiger charge is -2.00. The van der Waals surface area contributed by atoms with Gasteiger partial charge >= 0.3 is 0 Å². The van der Waals surface area contributed by atoms with Crippen LogP contribution in [0.25, 0.3) is 10.9 Å². The Balaban J connectivity index is 1.80. The molecule has 0 saturated carbocycles. The molecule has 5 heteroatoms. The summed E-state index contributed by atoms with van der Waals surface area (Å²) in [7, 11) is 0. The number of hydrogen-bond acceptors (Lipinski definition) is 3. The molecule has 0 radical (unpaired) electrons. The number of benzene rings is 1.